The first kappa shape index (κ1) is 20.7. The van der Waals surface area contributed by atoms with E-state index in [2.05, 4.69) is 54.4 Å². The number of ether oxygens (including phenoxy) is 1. The van der Waals surface area contributed by atoms with Crippen molar-refractivity contribution in [3.05, 3.63) is 37.1 Å². The van der Waals surface area contributed by atoms with E-state index in [9.17, 15) is 0 Å². The maximum Gasteiger partial charge on any atom is 0.111 e. The maximum atomic E-state index is 7.80. The van der Waals surface area contributed by atoms with Crippen LogP contribution in [0.1, 0.15) is 66.7 Å². The Morgan fingerprint density at radius 3 is 2.14 bits per heavy atom. The predicted molar refractivity (Wildman–Crippen MR) is 98.5 cm³/mol. The molecule has 22 heavy (non-hydrogen) atoms. The molecule has 0 unspecified atom stereocenters. The molecule has 2 nitrogen and oxygen atoms in total. The number of allylic oxidation sites excluding steroid dienone is 1. The van der Waals surface area contributed by atoms with Gasteiger partial charge >= 0.3 is 0 Å². The van der Waals surface area contributed by atoms with Crippen molar-refractivity contribution in [1.82, 2.24) is 0 Å². The van der Waals surface area contributed by atoms with Crippen molar-refractivity contribution in [2.24, 2.45) is 10.8 Å². The van der Waals surface area contributed by atoms with Gasteiger partial charge in [0, 0.05) is 11.1 Å². The molecule has 0 fully saturated rings. The SMILES string of the molecule is C=CC(=C)OCC(C)(C)C(=C)CCC(C)(C)CCC(=N)CC. The van der Waals surface area contributed by atoms with Crippen LogP contribution in [-0.4, -0.2) is 12.3 Å². The van der Waals surface area contributed by atoms with Crippen molar-refractivity contribution in [1.29, 1.82) is 5.41 Å². The van der Waals surface area contributed by atoms with Crippen LogP contribution in [0.25, 0.3) is 0 Å². The van der Waals surface area contributed by atoms with Gasteiger partial charge in [-0.3, -0.25) is 0 Å². The minimum Gasteiger partial charge on any atom is -0.493 e. The summed E-state index contributed by atoms with van der Waals surface area (Å²) in [5.74, 6) is 0.610. The van der Waals surface area contributed by atoms with Gasteiger partial charge in [0.25, 0.3) is 0 Å². The molecule has 0 aromatic heterocycles. The lowest BCUT2D eigenvalue weighted by Crippen LogP contribution is -2.23. The van der Waals surface area contributed by atoms with E-state index >= 15 is 0 Å². The highest BCUT2D eigenvalue weighted by molar-refractivity contribution is 5.80. The van der Waals surface area contributed by atoms with Crippen molar-refractivity contribution in [3.8, 4) is 0 Å². The summed E-state index contributed by atoms with van der Waals surface area (Å²) >= 11 is 0. The lowest BCUT2D eigenvalue weighted by molar-refractivity contribution is 0.142. The largest absolute Gasteiger partial charge is 0.493 e. The summed E-state index contributed by atoms with van der Waals surface area (Å²) in [6.45, 7) is 23.2. The fourth-order valence-corrected chi connectivity index (χ4v) is 2.05. The number of nitrogens with one attached hydrogen (secondary N) is 1. The van der Waals surface area contributed by atoms with Crippen LogP contribution in [-0.2, 0) is 4.74 Å². The summed E-state index contributed by atoms with van der Waals surface area (Å²) in [7, 11) is 0. The Bertz CT molecular complexity index is 415. The van der Waals surface area contributed by atoms with Gasteiger partial charge in [-0.1, -0.05) is 59.9 Å². The zero-order chi connectivity index (χ0) is 17.4. The zero-order valence-corrected chi connectivity index (χ0v) is 15.3. The van der Waals surface area contributed by atoms with Crippen LogP contribution in [0.2, 0.25) is 0 Å². The molecule has 0 bridgehead atoms. The predicted octanol–water partition coefficient (Wildman–Crippen LogP) is 6.30. The van der Waals surface area contributed by atoms with Gasteiger partial charge in [0.1, 0.15) is 5.76 Å². The van der Waals surface area contributed by atoms with Gasteiger partial charge in [-0.25, -0.2) is 0 Å². The normalized spacial score (nSPS) is 11.9. The van der Waals surface area contributed by atoms with Crippen LogP contribution in [0.4, 0.5) is 0 Å². The fourth-order valence-electron chi connectivity index (χ4n) is 2.05. The zero-order valence-electron chi connectivity index (χ0n) is 15.3. The second-order valence-electron chi connectivity index (χ2n) is 7.57. The third kappa shape index (κ3) is 8.21. The van der Waals surface area contributed by atoms with Gasteiger partial charge in [-0.15, -0.1) is 0 Å². The lowest BCUT2D eigenvalue weighted by Gasteiger charge is -2.31. The van der Waals surface area contributed by atoms with E-state index in [1.807, 2.05) is 0 Å². The Morgan fingerprint density at radius 1 is 1.09 bits per heavy atom. The third-order valence-corrected chi connectivity index (χ3v) is 4.44. The molecule has 0 aliphatic carbocycles. The molecule has 0 radical (unpaired) electrons. The van der Waals surface area contributed by atoms with Gasteiger partial charge < -0.3 is 10.1 Å². The van der Waals surface area contributed by atoms with Gasteiger partial charge in [0.15, 0.2) is 0 Å². The van der Waals surface area contributed by atoms with Gasteiger partial charge in [-0.2, -0.15) is 0 Å². The average Bonchev–Trinajstić information content (AvgIpc) is 2.47. The van der Waals surface area contributed by atoms with E-state index in [-0.39, 0.29) is 10.8 Å². The van der Waals surface area contributed by atoms with Gasteiger partial charge in [0.2, 0.25) is 0 Å². The van der Waals surface area contributed by atoms with Gasteiger partial charge in [0.05, 0.1) is 6.61 Å². The molecule has 0 aliphatic rings. The molecule has 2 heteroatoms. The molecule has 0 aliphatic heterocycles. The molecule has 0 aromatic rings. The molecular weight excluding hydrogens is 270 g/mol. The molecule has 0 spiro atoms. The minimum atomic E-state index is -0.0713. The standard InChI is InChI=1S/C20H35NO/c1-9-17(4)22-15-20(7,8)16(3)11-13-19(5,6)14-12-18(21)10-2/h9,21H,1,3-4,10-15H2,2,5-8H3. The first-order valence-corrected chi connectivity index (χ1v) is 8.23. The summed E-state index contributed by atoms with van der Waals surface area (Å²) in [4.78, 5) is 0. The lowest BCUT2D eigenvalue weighted by atomic mass is 9.77. The van der Waals surface area contributed by atoms with Crippen molar-refractivity contribution in [2.45, 2.75) is 66.7 Å². The molecular formula is C20H35NO. The van der Waals surface area contributed by atoms with Crippen LogP contribution >= 0.6 is 0 Å². The van der Waals surface area contributed by atoms with Crippen LogP contribution in [0.5, 0.6) is 0 Å². The van der Waals surface area contributed by atoms with Crippen molar-refractivity contribution >= 4 is 5.71 Å². The smallest absolute Gasteiger partial charge is 0.111 e. The monoisotopic (exact) mass is 305 g/mol. The summed E-state index contributed by atoms with van der Waals surface area (Å²) < 4.78 is 5.60. The molecule has 1 N–H and O–H groups in total. The molecule has 0 saturated heterocycles. The Morgan fingerprint density at radius 2 is 1.64 bits per heavy atom. The minimum absolute atomic E-state index is 0.0713. The van der Waals surface area contributed by atoms with E-state index in [1.165, 1.54) is 5.57 Å². The highest BCUT2D eigenvalue weighted by Crippen LogP contribution is 2.35. The van der Waals surface area contributed by atoms with Crippen molar-refractivity contribution in [2.75, 3.05) is 6.61 Å². The highest BCUT2D eigenvalue weighted by atomic mass is 16.5. The molecule has 0 aromatic carbocycles. The highest BCUT2D eigenvalue weighted by Gasteiger charge is 2.25. The van der Waals surface area contributed by atoms with E-state index in [0.29, 0.717) is 12.4 Å². The van der Waals surface area contributed by atoms with Crippen LogP contribution < -0.4 is 0 Å². The molecule has 0 heterocycles. The summed E-state index contributed by atoms with van der Waals surface area (Å²) in [6, 6.07) is 0. The molecule has 0 saturated carbocycles. The molecule has 0 atom stereocenters. The van der Waals surface area contributed by atoms with Crippen molar-refractivity contribution in [3.63, 3.8) is 0 Å². The second kappa shape index (κ2) is 8.97. The molecule has 0 amide bonds. The summed E-state index contributed by atoms with van der Waals surface area (Å²) in [5, 5.41) is 7.80. The Kier molecular flexibility index (Phi) is 8.44. The summed E-state index contributed by atoms with van der Waals surface area (Å²) in [5.41, 5.74) is 2.23. The van der Waals surface area contributed by atoms with E-state index in [4.69, 9.17) is 10.1 Å². The Labute approximate surface area is 137 Å². The van der Waals surface area contributed by atoms with E-state index in [0.717, 1.165) is 37.8 Å². The first-order valence-electron chi connectivity index (χ1n) is 8.23. The van der Waals surface area contributed by atoms with Gasteiger partial charge in [-0.05, 0) is 43.6 Å². The molecule has 0 rings (SSSR count). The third-order valence-electron chi connectivity index (χ3n) is 4.44. The van der Waals surface area contributed by atoms with E-state index < -0.39 is 0 Å². The molecule has 126 valence electrons. The average molecular weight is 306 g/mol. The Balaban J connectivity index is 4.36. The van der Waals surface area contributed by atoms with Crippen LogP contribution in [0, 0.1) is 16.2 Å². The van der Waals surface area contributed by atoms with E-state index in [1.54, 1.807) is 6.08 Å². The number of rotatable bonds is 12. The quantitative estimate of drug-likeness (QED) is 0.195. The Hall–Kier alpha value is -1.31. The fraction of sp³-hybridized carbons (Fsp3) is 0.650. The van der Waals surface area contributed by atoms with Crippen LogP contribution in [0.3, 0.4) is 0 Å². The van der Waals surface area contributed by atoms with Crippen molar-refractivity contribution < 1.29 is 4.74 Å². The first-order chi connectivity index (χ1) is 10.0. The maximum absolute atomic E-state index is 7.80. The topological polar surface area (TPSA) is 33.1 Å². The second-order valence-corrected chi connectivity index (χ2v) is 7.57. The number of hydrogen-bond acceptors (Lipinski definition) is 2. The summed E-state index contributed by atoms with van der Waals surface area (Å²) in [6.07, 6.45) is 6.54. The number of hydrogen-bond donors (Lipinski definition) is 1. The van der Waals surface area contributed by atoms with Crippen LogP contribution in [0.15, 0.2) is 37.1 Å².